The van der Waals surface area contributed by atoms with Gasteiger partial charge in [-0.1, -0.05) is 35.9 Å². The van der Waals surface area contributed by atoms with Gasteiger partial charge >= 0.3 is 0 Å². The number of nitrogens with one attached hydrogen (secondary N) is 1. The molecule has 0 fully saturated rings. The van der Waals surface area contributed by atoms with Crippen LogP contribution < -0.4 is 10.1 Å². The van der Waals surface area contributed by atoms with Crippen LogP contribution in [0, 0.1) is 6.92 Å². The van der Waals surface area contributed by atoms with E-state index in [0.29, 0.717) is 12.8 Å². The Hall–Kier alpha value is -2.29. The van der Waals surface area contributed by atoms with Crippen LogP contribution in [0.3, 0.4) is 0 Å². The lowest BCUT2D eigenvalue weighted by atomic mass is 10.1. The number of hydrogen-bond donors (Lipinski definition) is 1. The summed E-state index contributed by atoms with van der Waals surface area (Å²) in [4.78, 5) is 11.9. The lowest BCUT2D eigenvalue weighted by Gasteiger charge is -2.10. The molecule has 0 spiro atoms. The van der Waals surface area contributed by atoms with E-state index in [-0.39, 0.29) is 5.91 Å². The number of carbonyl (C=O) groups is 1. The first kappa shape index (κ1) is 14.1. The van der Waals surface area contributed by atoms with Gasteiger partial charge in [0.25, 0.3) is 0 Å². The number of methoxy groups -OCH3 is 1. The topological polar surface area (TPSA) is 38.3 Å². The highest BCUT2D eigenvalue weighted by atomic mass is 16.5. The van der Waals surface area contributed by atoms with Gasteiger partial charge < -0.3 is 10.1 Å². The molecule has 2 rings (SSSR count). The van der Waals surface area contributed by atoms with E-state index in [0.717, 1.165) is 17.0 Å². The van der Waals surface area contributed by atoms with Crippen molar-refractivity contribution in [2.45, 2.75) is 19.8 Å². The monoisotopic (exact) mass is 269 g/mol. The molecule has 3 heteroatoms. The minimum atomic E-state index is 0.0137. The first-order valence-electron chi connectivity index (χ1n) is 6.67. The van der Waals surface area contributed by atoms with E-state index in [1.807, 2.05) is 49.4 Å². The number of ether oxygens (including phenoxy) is 1. The predicted molar refractivity (Wildman–Crippen MR) is 81.1 cm³/mol. The third-order valence-corrected chi connectivity index (χ3v) is 3.11. The van der Waals surface area contributed by atoms with Crippen LogP contribution in [0.4, 0.5) is 5.69 Å². The largest absolute Gasteiger partial charge is 0.496 e. The van der Waals surface area contributed by atoms with Crippen LogP contribution in [0.25, 0.3) is 0 Å². The second kappa shape index (κ2) is 6.75. The average Bonchev–Trinajstić information content (AvgIpc) is 2.46. The third-order valence-electron chi connectivity index (χ3n) is 3.11. The van der Waals surface area contributed by atoms with Crippen LogP contribution in [0.1, 0.15) is 17.5 Å². The maximum absolute atomic E-state index is 11.9. The highest BCUT2D eigenvalue weighted by molar-refractivity contribution is 5.90. The van der Waals surface area contributed by atoms with Crippen LogP contribution in [0.15, 0.2) is 48.5 Å². The van der Waals surface area contributed by atoms with E-state index in [1.165, 1.54) is 5.56 Å². The second-order valence-electron chi connectivity index (χ2n) is 4.73. The van der Waals surface area contributed by atoms with Gasteiger partial charge in [-0.3, -0.25) is 4.79 Å². The van der Waals surface area contributed by atoms with Gasteiger partial charge in [-0.15, -0.1) is 0 Å². The van der Waals surface area contributed by atoms with E-state index in [9.17, 15) is 4.79 Å². The van der Waals surface area contributed by atoms with E-state index in [4.69, 9.17) is 4.74 Å². The van der Waals surface area contributed by atoms with Crippen LogP contribution in [0.2, 0.25) is 0 Å². The van der Waals surface area contributed by atoms with Gasteiger partial charge in [0.15, 0.2) is 0 Å². The Bertz CT molecular complexity index is 579. The van der Waals surface area contributed by atoms with E-state index in [2.05, 4.69) is 11.4 Å². The standard InChI is InChI=1S/C17H19NO2/c1-13-8-10-16(20-2)14(12-13)9-11-17(19)18-15-6-4-3-5-7-15/h3-8,10,12H,9,11H2,1-2H3,(H,18,19). The number of benzene rings is 2. The minimum Gasteiger partial charge on any atom is -0.496 e. The number of carbonyl (C=O) groups excluding carboxylic acids is 1. The van der Waals surface area contributed by atoms with Crippen LogP contribution in [0.5, 0.6) is 5.75 Å². The van der Waals surface area contributed by atoms with Crippen LogP contribution in [-0.4, -0.2) is 13.0 Å². The fraction of sp³-hybridized carbons (Fsp3) is 0.235. The Labute approximate surface area is 119 Å². The van der Waals surface area contributed by atoms with Crippen molar-refractivity contribution in [1.82, 2.24) is 0 Å². The molecule has 0 bridgehead atoms. The Morgan fingerprint density at radius 1 is 1.15 bits per heavy atom. The maximum atomic E-state index is 11.9. The van der Waals surface area contributed by atoms with Crippen molar-refractivity contribution in [2.75, 3.05) is 12.4 Å². The lowest BCUT2D eigenvalue weighted by Crippen LogP contribution is -2.12. The van der Waals surface area contributed by atoms with Gasteiger partial charge in [-0.25, -0.2) is 0 Å². The number of aryl methyl sites for hydroxylation is 2. The highest BCUT2D eigenvalue weighted by Gasteiger charge is 2.07. The van der Waals surface area contributed by atoms with Gasteiger partial charge in [-0.2, -0.15) is 0 Å². The van der Waals surface area contributed by atoms with E-state index in [1.54, 1.807) is 7.11 Å². The molecule has 0 saturated carbocycles. The van der Waals surface area contributed by atoms with Crippen LogP contribution >= 0.6 is 0 Å². The molecule has 2 aromatic rings. The van der Waals surface area contributed by atoms with Crippen molar-refractivity contribution >= 4 is 11.6 Å². The Morgan fingerprint density at radius 3 is 2.60 bits per heavy atom. The first-order valence-corrected chi connectivity index (χ1v) is 6.67. The summed E-state index contributed by atoms with van der Waals surface area (Å²) in [7, 11) is 1.65. The van der Waals surface area contributed by atoms with Gasteiger partial charge in [0.05, 0.1) is 7.11 Å². The SMILES string of the molecule is COc1ccc(C)cc1CCC(=O)Nc1ccccc1. The quantitative estimate of drug-likeness (QED) is 0.901. The van der Waals surface area contributed by atoms with Gasteiger partial charge in [0, 0.05) is 12.1 Å². The summed E-state index contributed by atoms with van der Waals surface area (Å²) in [5.74, 6) is 0.850. The van der Waals surface area contributed by atoms with Gasteiger partial charge in [0.2, 0.25) is 5.91 Å². The molecular formula is C17H19NO2. The fourth-order valence-electron chi connectivity index (χ4n) is 2.10. The Balaban J connectivity index is 1.95. The third kappa shape index (κ3) is 3.85. The summed E-state index contributed by atoms with van der Waals surface area (Å²) < 4.78 is 5.32. The summed E-state index contributed by atoms with van der Waals surface area (Å²) in [5.41, 5.74) is 3.06. The Kier molecular flexibility index (Phi) is 4.77. The molecule has 0 radical (unpaired) electrons. The minimum absolute atomic E-state index is 0.0137. The van der Waals surface area contributed by atoms with Crippen molar-refractivity contribution in [2.24, 2.45) is 0 Å². The summed E-state index contributed by atoms with van der Waals surface area (Å²) in [6.07, 6.45) is 1.11. The molecule has 3 nitrogen and oxygen atoms in total. The molecule has 0 unspecified atom stereocenters. The van der Waals surface area contributed by atoms with Crippen molar-refractivity contribution in [3.8, 4) is 5.75 Å². The zero-order valence-electron chi connectivity index (χ0n) is 11.8. The van der Waals surface area contributed by atoms with Crippen molar-refractivity contribution in [1.29, 1.82) is 0 Å². The molecule has 0 heterocycles. The molecule has 0 aliphatic carbocycles. The summed E-state index contributed by atoms with van der Waals surface area (Å²) in [6.45, 7) is 2.03. The Morgan fingerprint density at radius 2 is 1.90 bits per heavy atom. The molecule has 1 N–H and O–H groups in total. The maximum Gasteiger partial charge on any atom is 0.224 e. The number of rotatable bonds is 5. The molecule has 20 heavy (non-hydrogen) atoms. The van der Waals surface area contributed by atoms with Gasteiger partial charge in [0.1, 0.15) is 5.75 Å². The number of para-hydroxylation sites is 1. The molecular weight excluding hydrogens is 250 g/mol. The average molecular weight is 269 g/mol. The zero-order valence-corrected chi connectivity index (χ0v) is 11.8. The van der Waals surface area contributed by atoms with Crippen molar-refractivity contribution < 1.29 is 9.53 Å². The summed E-state index contributed by atoms with van der Waals surface area (Å²) in [6, 6.07) is 15.5. The fourth-order valence-corrected chi connectivity index (χ4v) is 2.10. The molecule has 0 saturated heterocycles. The van der Waals surface area contributed by atoms with E-state index < -0.39 is 0 Å². The van der Waals surface area contributed by atoms with Crippen molar-refractivity contribution in [3.05, 3.63) is 59.7 Å². The van der Waals surface area contributed by atoms with E-state index >= 15 is 0 Å². The summed E-state index contributed by atoms with van der Waals surface area (Å²) >= 11 is 0. The molecule has 104 valence electrons. The predicted octanol–water partition coefficient (Wildman–Crippen LogP) is 3.57. The first-order chi connectivity index (χ1) is 9.69. The number of anilines is 1. The lowest BCUT2D eigenvalue weighted by molar-refractivity contribution is -0.116. The van der Waals surface area contributed by atoms with Crippen LogP contribution in [-0.2, 0) is 11.2 Å². The number of hydrogen-bond acceptors (Lipinski definition) is 2. The number of amides is 1. The summed E-state index contributed by atoms with van der Waals surface area (Å²) in [5, 5.41) is 2.88. The normalized spacial score (nSPS) is 10.1. The molecule has 1 amide bonds. The second-order valence-corrected chi connectivity index (χ2v) is 4.73. The molecule has 0 atom stereocenters. The smallest absolute Gasteiger partial charge is 0.224 e. The molecule has 2 aromatic carbocycles. The van der Waals surface area contributed by atoms with Crippen molar-refractivity contribution in [3.63, 3.8) is 0 Å². The highest BCUT2D eigenvalue weighted by Crippen LogP contribution is 2.21. The molecule has 0 aliphatic rings. The molecule has 0 aromatic heterocycles. The molecule has 0 aliphatic heterocycles. The van der Waals surface area contributed by atoms with Gasteiger partial charge in [-0.05, 0) is 37.1 Å². The zero-order chi connectivity index (χ0) is 14.4.